The highest BCUT2D eigenvalue weighted by Gasteiger charge is 1.92. The molecule has 0 radical (unpaired) electrons. The van der Waals surface area contributed by atoms with Crippen molar-refractivity contribution in [1.29, 1.82) is 0 Å². The van der Waals surface area contributed by atoms with Crippen molar-refractivity contribution in [3.63, 3.8) is 0 Å². The van der Waals surface area contributed by atoms with Gasteiger partial charge in [0.25, 0.3) is 0 Å². The van der Waals surface area contributed by atoms with E-state index in [1.54, 1.807) is 0 Å². The number of hydrogen-bond donors (Lipinski definition) is 0. The fourth-order valence-corrected chi connectivity index (χ4v) is 1.78. The summed E-state index contributed by atoms with van der Waals surface area (Å²) in [6, 6.07) is 11.4. The van der Waals surface area contributed by atoms with Crippen molar-refractivity contribution >= 4 is 25.3 Å². The summed E-state index contributed by atoms with van der Waals surface area (Å²) in [6.45, 7) is 2.14. The van der Waals surface area contributed by atoms with Crippen molar-refractivity contribution in [1.82, 2.24) is 0 Å². The number of hydrogen-bond acceptors (Lipinski definition) is 0. The lowest BCUT2D eigenvalue weighted by molar-refractivity contribution is 1.63. The maximum atomic E-state index is 5.93. The van der Waals surface area contributed by atoms with Gasteiger partial charge in [-0.2, -0.15) is 11.1 Å². The minimum absolute atomic E-state index is 0.926. The van der Waals surface area contributed by atoms with Crippen LogP contribution in [0.4, 0.5) is 0 Å². The highest BCUT2D eigenvalue weighted by atomic mass is 35.6. The van der Waals surface area contributed by atoms with Crippen LogP contribution in [0.15, 0.2) is 36.4 Å². The quantitative estimate of drug-likeness (QED) is 0.514. The molecule has 1 aromatic carbocycles. The molecule has 0 nitrogen and oxygen atoms in total. The zero-order valence-corrected chi connectivity index (χ0v) is 9.11. The van der Waals surface area contributed by atoms with Gasteiger partial charge in [-0.3, -0.25) is 0 Å². The Morgan fingerprint density at radius 2 is 2.00 bits per heavy atom. The molecule has 0 saturated heterocycles. The zero-order chi connectivity index (χ0) is 8.81. The molecule has 0 aliphatic rings. The molecular formula is C10H13ClSi. The lowest BCUT2D eigenvalue weighted by Crippen LogP contribution is -1.90. The van der Waals surface area contributed by atoms with Gasteiger partial charge in [0.05, 0.1) is 0 Å². The second-order valence-electron chi connectivity index (χ2n) is 2.83. The van der Waals surface area contributed by atoms with Crippen LogP contribution in [-0.2, 0) is 0 Å². The van der Waals surface area contributed by atoms with Crippen LogP contribution in [0.2, 0.25) is 12.6 Å². The normalized spacial score (nSPS) is 13.5. The van der Waals surface area contributed by atoms with Crippen LogP contribution in [0.3, 0.4) is 0 Å². The number of allylic oxidation sites excluding steroid dienone is 1. The molecule has 0 bridgehead atoms. The van der Waals surface area contributed by atoms with Gasteiger partial charge in [0.15, 0.2) is 0 Å². The number of rotatable bonds is 3. The minimum atomic E-state index is -0.926. The minimum Gasteiger partial charge on any atom is -0.172 e. The molecular weight excluding hydrogens is 184 g/mol. The fraction of sp³-hybridized carbons (Fsp3) is 0.200. The summed E-state index contributed by atoms with van der Waals surface area (Å²) in [7, 11) is -0.926. The van der Waals surface area contributed by atoms with Gasteiger partial charge in [0.1, 0.15) is 8.11 Å². The van der Waals surface area contributed by atoms with Crippen molar-refractivity contribution in [2.75, 3.05) is 0 Å². The molecule has 0 N–H and O–H groups in total. The summed E-state index contributed by atoms with van der Waals surface area (Å²) in [5.74, 6) is 0. The molecule has 0 saturated carbocycles. The van der Waals surface area contributed by atoms with Crippen molar-refractivity contribution < 1.29 is 0 Å². The Morgan fingerprint density at radius 3 is 2.58 bits per heavy atom. The summed E-state index contributed by atoms with van der Waals surface area (Å²) in [5, 5.41) is 0. The second kappa shape index (κ2) is 5.17. The summed E-state index contributed by atoms with van der Waals surface area (Å²) in [4.78, 5) is 0. The lowest BCUT2D eigenvalue weighted by atomic mass is 10.2. The predicted molar refractivity (Wildman–Crippen MR) is 59.1 cm³/mol. The van der Waals surface area contributed by atoms with E-state index in [0.29, 0.717) is 0 Å². The van der Waals surface area contributed by atoms with Gasteiger partial charge in [-0.25, -0.2) is 0 Å². The maximum absolute atomic E-state index is 5.93. The third-order valence-electron chi connectivity index (χ3n) is 1.57. The van der Waals surface area contributed by atoms with Crippen LogP contribution in [0.25, 0.3) is 6.08 Å². The molecule has 0 spiro atoms. The standard InChI is InChI=1S/C10H13ClSi/c1-12(11)9-5-8-10-6-3-2-4-7-10/h2-8,12H,9H2,1H3. The molecule has 0 fully saturated rings. The molecule has 1 atom stereocenters. The van der Waals surface area contributed by atoms with Crippen LogP contribution < -0.4 is 0 Å². The Balaban J connectivity index is 2.47. The zero-order valence-electron chi connectivity index (χ0n) is 7.20. The van der Waals surface area contributed by atoms with Crippen molar-refractivity contribution in [3.05, 3.63) is 42.0 Å². The first-order chi connectivity index (χ1) is 5.79. The van der Waals surface area contributed by atoms with Gasteiger partial charge in [0, 0.05) is 0 Å². The van der Waals surface area contributed by atoms with Gasteiger partial charge in [-0.15, -0.1) is 0 Å². The van der Waals surface area contributed by atoms with E-state index in [2.05, 4.69) is 30.8 Å². The van der Waals surface area contributed by atoms with Crippen molar-refractivity contribution in [3.8, 4) is 0 Å². The average Bonchev–Trinajstić information content (AvgIpc) is 2.05. The Labute approximate surface area is 80.2 Å². The van der Waals surface area contributed by atoms with Crippen molar-refractivity contribution in [2.24, 2.45) is 0 Å². The maximum Gasteiger partial charge on any atom is 0.141 e. The molecule has 0 aliphatic heterocycles. The molecule has 1 unspecified atom stereocenters. The highest BCUT2D eigenvalue weighted by molar-refractivity contribution is 7.06. The van der Waals surface area contributed by atoms with Crippen molar-refractivity contribution in [2.45, 2.75) is 12.6 Å². The number of benzene rings is 1. The van der Waals surface area contributed by atoms with Crippen LogP contribution in [0.5, 0.6) is 0 Å². The molecule has 0 aromatic heterocycles. The topological polar surface area (TPSA) is 0 Å². The average molecular weight is 197 g/mol. The number of halogens is 1. The molecule has 12 heavy (non-hydrogen) atoms. The van der Waals surface area contributed by atoms with Crippen LogP contribution >= 0.6 is 11.1 Å². The SMILES string of the molecule is C[SiH](Cl)CC=Cc1ccccc1. The van der Waals surface area contributed by atoms with E-state index >= 15 is 0 Å². The fourth-order valence-electron chi connectivity index (χ4n) is 0.956. The molecule has 0 aliphatic carbocycles. The summed E-state index contributed by atoms with van der Waals surface area (Å²) < 4.78 is 0. The summed E-state index contributed by atoms with van der Waals surface area (Å²) in [5.41, 5.74) is 1.25. The monoisotopic (exact) mass is 196 g/mol. The summed E-state index contributed by atoms with van der Waals surface area (Å²) in [6.07, 6.45) is 4.30. The largest absolute Gasteiger partial charge is 0.172 e. The van der Waals surface area contributed by atoms with Gasteiger partial charge in [-0.1, -0.05) is 49.0 Å². The van der Waals surface area contributed by atoms with E-state index in [1.165, 1.54) is 5.56 Å². The first-order valence-corrected chi connectivity index (χ1v) is 7.86. The van der Waals surface area contributed by atoms with E-state index in [-0.39, 0.29) is 0 Å². The van der Waals surface area contributed by atoms with E-state index in [4.69, 9.17) is 11.1 Å². The molecule has 0 amide bonds. The first-order valence-electron chi connectivity index (χ1n) is 4.14. The third-order valence-corrected chi connectivity index (χ3v) is 3.03. The summed E-state index contributed by atoms with van der Waals surface area (Å²) >= 11 is 5.93. The van der Waals surface area contributed by atoms with Crippen LogP contribution in [0.1, 0.15) is 5.56 Å². The molecule has 1 rings (SSSR count). The first kappa shape index (κ1) is 9.55. The second-order valence-corrected chi connectivity index (χ2v) is 7.10. The van der Waals surface area contributed by atoms with E-state index in [9.17, 15) is 0 Å². The Hall–Kier alpha value is -0.533. The Bertz CT molecular complexity index is 241. The Morgan fingerprint density at radius 1 is 1.33 bits per heavy atom. The van der Waals surface area contributed by atoms with Gasteiger partial charge in [-0.05, 0) is 11.6 Å². The Kier molecular flexibility index (Phi) is 4.12. The molecule has 0 heterocycles. The lowest BCUT2D eigenvalue weighted by Gasteiger charge is -1.93. The van der Waals surface area contributed by atoms with Gasteiger partial charge in [0.2, 0.25) is 0 Å². The van der Waals surface area contributed by atoms with Gasteiger partial charge >= 0.3 is 0 Å². The predicted octanol–water partition coefficient (Wildman–Crippen LogP) is 3.29. The van der Waals surface area contributed by atoms with Crippen LogP contribution in [0, 0.1) is 0 Å². The molecule has 64 valence electrons. The van der Waals surface area contributed by atoms with E-state index in [1.807, 2.05) is 18.2 Å². The molecule has 1 aromatic rings. The highest BCUT2D eigenvalue weighted by Crippen LogP contribution is 2.04. The van der Waals surface area contributed by atoms with E-state index < -0.39 is 8.11 Å². The van der Waals surface area contributed by atoms with Crippen LogP contribution in [-0.4, -0.2) is 8.11 Å². The van der Waals surface area contributed by atoms with Gasteiger partial charge < -0.3 is 0 Å². The third kappa shape index (κ3) is 3.74. The molecule has 2 heteroatoms. The smallest absolute Gasteiger partial charge is 0.141 e. The van der Waals surface area contributed by atoms with E-state index in [0.717, 1.165) is 6.04 Å².